The first-order valence-corrected chi connectivity index (χ1v) is 8.63. The zero-order valence-corrected chi connectivity index (χ0v) is 15.5. The molecular weight excluding hydrogens is 354 g/mol. The highest BCUT2D eigenvalue weighted by Gasteiger charge is 2.18. The van der Waals surface area contributed by atoms with Crippen molar-refractivity contribution in [3.05, 3.63) is 76.6 Å². The summed E-state index contributed by atoms with van der Waals surface area (Å²) in [6, 6.07) is 16.4. The van der Waals surface area contributed by atoms with Gasteiger partial charge in [-0.3, -0.25) is 9.59 Å². The number of carbonyl (C=O) groups is 1. The van der Waals surface area contributed by atoms with Gasteiger partial charge in [0.25, 0.3) is 5.56 Å². The van der Waals surface area contributed by atoms with Gasteiger partial charge in [-0.05, 0) is 49.4 Å². The van der Waals surface area contributed by atoms with Crippen molar-refractivity contribution in [1.82, 2.24) is 9.78 Å². The van der Waals surface area contributed by atoms with Crippen molar-refractivity contribution in [3.63, 3.8) is 0 Å². The van der Waals surface area contributed by atoms with Crippen LogP contribution in [0.3, 0.4) is 0 Å². The quantitative estimate of drug-likeness (QED) is 0.698. The van der Waals surface area contributed by atoms with Gasteiger partial charge in [-0.2, -0.15) is 5.10 Å². The lowest BCUT2D eigenvalue weighted by Gasteiger charge is -2.15. The fourth-order valence-electron chi connectivity index (χ4n) is 2.65. The molecule has 28 heavy (non-hydrogen) atoms. The van der Waals surface area contributed by atoms with Crippen LogP contribution in [0.1, 0.15) is 18.5 Å². The van der Waals surface area contributed by atoms with Crippen molar-refractivity contribution in [2.45, 2.75) is 13.0 Å². The Kier molecular flexibility index (Phi) is 5.56. The van der Waals surface area contributed by atoms with Crippen molar-refractivity contribution in [2.24, 2.45) is 0 Å². The Morgan fingerprint density at radius 3 is 2.61 bits per heavy atom. The summed E-state index contributed by atoms with van der Waals surface area (Å²) in [7, 11) is 1.58. The van der Waals surface area contributed by atoms with Gasteiger partial charge in [0.1, 0.15) is 11.8 Å². The first-order valence-electron chi connectivity index (χ1n) is 8.63. The van der Waals surface area contributed by atoms with E-state index in [0.717, 1.165) is 11.1 Å². The number of carbonyl (C=O) groups excluding carboxylic acids is 1. The molecule has 1 unspecified atom stereocenters. The van der Waals surface area contributed by atoms with E-state index >= 15 is 0 Å². The number of anilines is 1. The molecule has 1 amide bonds. The van der Waals surface area contributed by atoms with Crippen molar-refractivity contribution >= 4 is 11.6 Å². The van der Waals surface area contributed by atoms with Gasteiger partial charge in [-0.15, -0.1) is 6.42 Å². The third kappa shape index (κ3) is 4.10. The topological polar surface area (TPSA) is 73.2 Å². The van der Waals surface area contributed by atoms with E-state index in [1.807, 2.05) is 24.3 Å². The first kappa shape index (κ1) is 18.9. The Balaban J connectivity index is 1.86. The van der Waals surface area contributed by atoms with Gasteiger partial charge in [-0.25, -0.2) is 4.68 Å². The van der Waals surface area contributed by atoms with Gasteiger partial charge in [0, 0.05) is 22.9 Å². The molecule has 0 aliphatic carbocycles. The SMILES string of the molecule is C#Cc1ccc(NC(=O)C(C)n2nc(-c3cccc(OC)c3)ccc2=O)cc1. The summed E-state index contributed by atoms with van der Waals surface area (Å²) in [5.74, 6) is 2.84. The van der Waals surface area contributed by atoms with E-state index in [9.17, 15) is 9.59 Å². The molecule has 2 aromatic carbocycles. The minimum absolute atomic E-state index is 0.356. The van der Waals surface area contributed by atoms with Gasteiger partial charge in [-0.1, -0.05) is 18.1 Å². The zero-order chi connectivity index (χ0) is 20.1. The third-order valence-electron chi connectivity index (χ3n) is 4.26. The van der Waals surface area contributed by atoms with Gasteiger partial charge in [0.05, 0.1) is 12.8 Å². The van der Waals surface area contributed by atoms with Crippen LogP contribution >= 0.6 is 0 Å². The second-order valence-electron chi connectivity index (χ2n) is 6.12. The van der Waals surface area contributed by atoms with Gasteiger partial charge < -0.3 is 10.1 Å². The lowest BCUT2D eigenvalue weighted by Crippen LogP contribution is -2.33. The van der Waals surface area contributed by atoms with E-state index in [1.165, 1.54) is 10.7 Å². The molecule has 0 radical (unpaired) electrons. The summed E-state index contributed by atoms with van der Waals surface area (Å²) >= 11 is 0. The summed E-state index contributed by atoms with van der Waals surface area (Å²) in [5, 5.41) is 7.14. The second kappa shape index (κ2) is 8.23. The number of nitrogens with zero attached hydrogens (tertiary/aromatic N) is 2. The maximum Gasteiger partial charge on any atom is 0.267 e. The average Bonchev–Trinajstić information content (AvgIpc) is 2.74. The molecule has 0 bridgehead atoms. The van der Waals surface area contributed by atoms with E-state index < -0.39 is 6.04 Å². The van der Waals surface area contributed by atoms with Crippen LogP contribution in [0.5, 0.6) is 5.75 Å². The summed E-state index contributed by atoms with van der Waals surface area (Å²) in [6.45, 7) is 1.62. The Morgan fingerprint density at radius 1 is 1.18 bits per heavy atom. The summed E-state index contributed by atoms with van der Waals surface area (Å²) < 4.78 is 6.39. The van der Waals surface area contributed by atoms with Crippen molar-refractivity contribution in [3.8, 4) is 29.4 Å². The Morgan fingerprint density at radius 2 is 1.93 bits per heavy atom. The van der Waals surface area contributed by atoms with E-state index in [1.54, 1.807) is 44.4 Å². The molecule has 0 saturated heterocycles. The molecule has 3 rings (SSSR count). The zero-order valence-electron chi connectivity index (χ0n) is 15.5. The van der Waals surface area contributed by atoms with Crippen LogP contribution in [0.4, 0.5) is 5.69 Å². The van der Waals surface area contributed by atoms with Crippen LogP contribution in [-0.2, 0) is 4.79 Å². The standard InChI is InChI=1S/C22H19N3O3/c1-4-16-8-10-18(11-9-16)23-22(27)15(2)25-21(26)13-12-20(24-25)17-6-5-7-19(14-17)28-3/h1,5-15H,2-3H3,(H,23,27). The number of amides is 1. The molecule has 0 aliphatic rings. The molecule has 1 heterocycles. The van der Waals surface area contributed by atoms with Crippen LogP contribution in [-0.4, -0.2) is 22.8 Å². The van der Waals surface area contributed by atoms with Crippen LogP contribution in [0.25, 0.3) is 11.3 Å². The number of nitrogens with one attached hydrogen (secondary N) is 1. The number of terminal acetylenes is 1. The lowest BCUT2D eigenvalue weighted by molar-refractivity contribution is -0.119. The number of hydrogen-bond donors (Lipinski definition) is 1. The highest BCUT2D eigenvalue weighted by atomic mass is 16.5. The van der Waals surface area contributed by atoms with Crippen molar-refractivity contribution in [1.29, 1.82) is 0 Å². The predicted octanol–water partition coefficient (Wildman–Crippen LogP) is 3.10. The molecule has 6 heteroatoms. The van der Waals surface area contributed by atoms with E-state index in [2.05, 4.69) is 16.3 Å². The fourth-order valence-corrected chi connectivity index (χ4v) is 2.65. The predicted molar refractivity (Wildman–Crippen MR) is 108 cm³/mol. The second-order valence-corrected chi connectivity index (χ2v) is 6.12. The highest BCUT2D eigenvalue weighted by molar-refractivity contribution is 5.93. The molecule has 1 N–H and O–H groups in total. The number of rotatable bonds is 5. The monoisotopic (exact) mass is 373 g/mol. The van der Waals surface area contributed by atoms with Crippen LogP contribution in [0, 0.1) is 12.3 Å². The van der Waals surface area contributed by atoms with Gasteiger partial charge in [0.2, 0.25) is 5.91 Å². The van der Waals surface area contributed by atoms with E-state index in [4.69, 9.17) is 11.2 Å². The minimum atomic E-state index is -0.801. The number of benzene rings is 2. The number of methoxy groups -OCH3 is 1. The lowest BCUT2D eigenvalue weighted by atomic mass is 10.1. The smallest absolute Gasteiger partial charge is 0.267 e. The van der Waals surface area contributed by atoms with E-state index in [0.29, 0.717) is 17.1 Å². The van der Waals surface area contributed by atoms with Crippen LogP contribution in [0.15, 0.2) is 65.5 Å². The molecule has 3 aromatic rings. The molecular formula is C22H19N3O3. The van der Waals surface area contributed by atoms with E-state index in [-0.39, 0.29) is 11.5 Å². The molecule has 140 valence electrons. The van der Waals surface area contributed by atoms with Gasteiger partial charge in [0.15, 0.2) is 0 Å². The average molecular weight is 373 g/mol. The van der Waals surface area contributed by atoms with Crippen LogP contribution < -0.4 is 15.6 Å². The molecule has 0 fully saturated rings. The van der Waals surface area contributed by atoms with Crippen LogP contribution in [0.2, 0.25) is 0 Å². The van der Waals surface area contributed by atoms with Crippen molar-refractivity contribution in [2.75, 3.05) is 12.4 Å². The largest absolute Gasteiger partial charge is 0.497 e. The highest BCUT2D eigenvalue weighted by Crippen LogP contribution is 2.21. The first-order chi connectivity index (χ1) is 13.5. The maximum atomic E-state index is 12.6. The Hall–Kier alpha value is -3.85. The Bertz CT molecular complexity index is 1100. The summed E-state index contributed by atoms with van der Waals surface area (Å²) in [6.07, 6.45) is 5.33. The molecule has 0 aliphatic heterocycles. The van der Waals surface area contributed by atoms with Crippen molar-refractivity contribution < 1.29 is 9.53 Å². The number of ether oxygens (including phenoxy) is 1. The summed E-state index contributed by atoms with van der Waals surface area (Å²) in [4.78, 5) is 24.9. The third-order valence-corrected chi connectivity index (χ3v) is 4.26. The maximum absolute atomic E-state index is 12.6. The number of hydrogen-bond acceptors (Lipinski definition) is 4. The normalized spacial score (nSPS) is 11.3. The molecule has 0 spiro atoms. The molecule has 1 aromatic heterocycles. The van der Waals surface area contributed by atoms with Gasteiger partial charge >= 0.3 is 0 Å². The molecule has 1 atom stereocenters. The molecule has 0 saturated carbocycles. The minimum Gasteiger partial charge on any atom is -0.497 e. The Labute approximate surface area is 162 Å². The number of aromatic nitrogens is 2. The molecule has 6 nitrogen and oxygen atoms in total. The fraction of sp³-hybridized carbons (Fsp3) is 0.136. The summed E-state index contributed by atoms with van der Waals surface area (Å²) in [5.41, 5.74) is 2.29.